The summed E-state index contributed by atoms with van der Waals surface area (Å²) in [5.74, 6) is 1.52. The fourth-order valence-electron chi connectivity index (χ4n) is 3.02. The number of hydrogen-bond donors (Lipinski definition) is 0. The van der Waals surface area contributed by atoms with Gasteiger partial charge in [-0.05, 0) is 59.7 Å². The van der Waals surface area contributed by atoms with Crippen molar-refractivity contribution in [2.45, 2.75) is 51.9 Å². The zero-order valence-corrected chi connectivity index (χ0v) is 13.2. The van der Waals surface area contributed by atoms with Gasteiger partial charge in [-0.3, -0.25) is 9.78 Å². The molecule has 0 aliphatic heterocycles. The maximum atomic E-state index is 12.3. The molecule has 0 spiro atoms. The fourth-order valence-corrected chi connectivity index (χ4v) is 3.25. The highest BCUT2D eigenvalue weighted by Gasteiger charge is 2.25. The van der Waals surface area contributed by atoms with Crippen LogP contribution in [-0.4, -0.2) is 10.8 Å². The largest absolute Gasteiger partial charge is 0.299 e. The molecule has 1 aliphatic rings. The van der Waals surface area contributed by atoms with E-state index >= 15 is 0 Å². The van der Waals surface area contributed by atoms with Crippen LogP contribution in [0.15, 0.2) is 22.8 Å². The third-order valence-electron chi connectivity index (χ3n) is 4.14. The summed E-state index contributed by atoms with van der Waals surface area (Å²) >= 11 is 3.36. The van der Waals surface area contributed by atoms with Gasteiger partial charge in [0.05, 0.1) is 0 Å². The SMILES string of the molecule is CCCC1CCC(C(=O)Cc2ccc(Br)cn2)CC1. The predicted molar refractivity (Wildman–Crippen MR) is 81.0 cm³/mol. The second-order valence-electron chi connectivity index (χ2n) is 5.62. The molecule has 1 heterocycles. The van der Waals surface area contributed by atoms with Crippen LogP contribution in [0.5, 0.6) is 0 Å². The summed E-state index contributed by atoms with van der Waals surface area (Å²) in [6, 6.07) is 3.89. The van der Waals surface area contributed by atoms with Crippen molar-refractivity contribution in [1.29, 1.82) is 0 Å². The summed E-state index contributed by atoms with van der Waals surface area (Å²) in [5.41, 5.74) is 0.892. The Kier molecular flexibility index (Phi) is 5.56. The van der Waals surface area contributed by atoms with Gasteiger partial charge in [0.2, 0.25) is 0 Å². The standard InChI is InChI=1S/C16H22BrNO/c1-2-3-12-4-6-13(7-5-12)16(19)10-15-9-8-14(17)11-18-15/h8-9,11-13H,2-7,10H2,1H3. The number of rotatable bonds is 5. The molecule has 2 nitrogen and oxygen atoms in total. The van der Waals surface area contributed by atoms with E-state index in [9.17, 15) is 4.79 Å². The molecule has 1 saturated carbocycles. The first-order chi connectivity index (χ1) is 9.19. The number of pyridine rings is 1. The van der Waals surface area contributed by atoms with Crippen LogP contribution in [0.1, 0.15) is 51.1 Å². The Morgan fingerprint density at radius 3 is 2.63 bits per heavy atom. The van der Waals surface area contributed by atoms with Crippen LogP contribution in [0.4, 0.5) is 0 Å². The molecule has 0 radical (unpaired) electrons. The van der Waals surface area contributed by atoms with E-state index in [0.29, 0.717) is 12.2 Å². The maximum absolute atomic E-state index is 12.3. The Morgan fingerprint density at radius 2 is 2.05 bits per heavy atom. The van der Waals surface area contributed by atoms with Crippen molar-refractivity contribution in [3.8, 4) is 0 Å². The van der Waals surface area contributed by atoms with Gasteiger partial charge >= 0.3 is 0 Å². The lowest BCUT2D eigenvalue weighted by molar-refractivity contribution is -0.123. The molecule has 2 rings (SSSR count). The second kappa shape index (κ2) is 7.18. The molecule has 0 amide bonds. The summed E-state index contributed by atoms with van der Waals surface area (Å²) in [7, 11) is 0. The van der Waals surface area contributed by atoms with Gasteiger partial charge in [0.25, 0.3) is 0 Å². The number of hydrogen-bond acceptors (Lipinski definition) is 2. The van der Waals surface area contributed by atoms with Crippen LogP contribution >= 0.6 is 15.9 Å². The first-order valence-electron chi connectivity index (χ1n) is 7.32. The van der Waals surface area contributed by atoms with Gasteiger partial charge in [-0.2, -0.15) is 0 Å². The van der Waals surface area contributed by atoms with Crippen molar-refractivity contribution < 1.29 is 4.79 Å². The lowest BCUT2D eigenvalue weighted by Gasteiger charge is -2.27. The zero-order chi connectivity index (χ0) is 13.7. The highest BCUT2D eigenvalue weighted by Crippen LogP contribution is 2.32. The number of nitrogens with zero attached hydrogens (tertiary/aromatic N) is 1. The lowest BCUT2D eigenvalue weighted by Crippen LogP contribution is -2.23. The van der Waals surface area contributed by atoms with Crippen LogP contribution in [-0.2, 0) is 11.2 Å². The summed E-state index contributed by atoms with van der Waals surface area (Å²) in [6.45, 7) is 2.25. The van der Waals surface area contributed by atoms with Crippen molar-refractivity contribution in [2.75, 3.05) is 0 Å². The Balaban J connectivity index is 1.83. The van der Waals surface area contributed by atoms with Gasteiger partial charge in [0.1, 0.15) is 5.78 Å². The highest BCUT2D eigenvalue weighted by molar-refractivity contribution is 9.10. The van der Waals surface area contributed by atoms with Gasteiger partial charge in [-0.1, -0.05) is 19.8 Å². The minimum atomic E-state index is 0.276. The molecule has 0 saturated heterocycles. The lowest BCUT2D eigenvalue weighted by atomic mass is 9.77. The normalized spacial score (nSPS) is 23.3. The molecule has 0 unspecified atom stereocenters. The van der Waals surface area contributed by atoms with Gasteiger partial charge < -0.3 is 0 Å². The number of halogens is 1. The number of aromatic nitrogens is 1. The summed E-state index contributed by atoms with van der Waals surface area (Å²) in [4.78, 5) is 16.6. The summed E-state index contributed by atoms with van der Waals surface area (Å²) in [6.07, 6.45) is 9.49. The van der Waals surface area contributed by atoms with Crippen molar-refractivity contribution in [1.82, 2.24) is 4.98 Å². The van der Waals surface area contributed by atoms with E-state index in [1.807, 2.05) is 12.1 Å². The molecule has 104 valence electrons. The molecule has 0 N–H and O–H groups in total. The molecule has 1 fully saturated rings. The number of ketones is 1. The Labute approximate surface area is 124 Å². The maximum Gasteiger partial charge on any atom is 0.141 e. The first kappa shape index (κ1) is 14.7. The third-order valence-corrected chi connectivity index (χ3v) is 4.61. The fraction of sp³-hybridized carbons (Fsp3) is 0.625. The molecule has 19 heavy (non-hydrogen) atoms. The molecule has 1 aliphatic carbocycles. The topological polar surface area (TPSA) is 30.0 Å². The molecule has 0 aromatic carbocycles. The smallest absolute Gasteiger partial charge is 0.141 e. The van der Waals surface area contributed by atoms with Crippen molar-refractivity contribution in [2.24, 2.45) is 11.8 Å². The average molecular weight is 324 g/mol. The summed E-state index contributed by atoms with van der Waals surface area (Å²) in [5, 5.41) is 0. The third kappa shape index (κ3) is 4.41. The van der Waals surface area contributed by atoms with Crippen LogP contribution in [0.25, 0.3) is 0 Å². The van der Waals surface area contributed by atoms with E-state index in [2.05, 4.69) is 27.8 Å². The van der Waals surface area contributed by atoms with E-state index in [4.69, 9.17) is 0 Å². The molecule has 3 heteroatoms. The number of Topliss-reactive ketones (excluding diaryl/α,β-unsaturated/α-hetero) is 1. The van der Waals surface area contributed by atoms with Crippen molar-refractivity contribution in [3.63, 3.8) is 0 Å². The molecular formula is C16H22BrNO. The Bertz CT molecular complexity index is 407. The van der Waals surface area contributed by atoms with E-state index in [-0.39, 0.29) is 5.92 Å². The zero-order valence-electron chi connectivity index (χ0n) is 11.6. The summed E-state index contributed by atoms with van der Waals surface area (Å²) < 4.78 is 0.962. The highest BCUT2D eigenvalue weighted by atomic mass is 79.9. The molecule has 0 bridgehead atoms. The first-order valence-corrected chi connectivity index (χ1v) is 8.11. The van der Waals surface area contributed by atoms with E-state index in [1.54, 1.807) is 6.20 Å². The Morgan fingerprint density at radius 1 is 1.32 bits per heavy atom. The van der Waals surface area contributed by atoms with Crippen LogP contribution in [0.3, 0.4) is 0 Å². The van der Waals surface area contributed by atoms with E-state index in [1.165, 1.54) is 25.7 Å². The minimum Gasteiger partial charge on any atom is -0.299 e. The van der Waals surface area contributed by atoms with E-state index in [0.717, 1.165) is 28.9 Å². The predicted octanol–water partition coefficient (Wildman–Crippen LogP) is 4.56. The van der Waals surface area contributed by atoms with Crippen molar-refractivity contribution in [3.05, 3.63) is 28.5 Å². The minimum absolute atomic E-state index is 0.276. The molecular weight excluding hydrogens is 302 g/mol. The van der Waals surface area contributed by atoms with Crippen LogP contribution in [0, 0.1) is 11.8 Å². The molecule has 1 aromatic rings. The van der Waals surface area contributed by atoms with E-state index < -0.39 is 0 Å². The average Bonchev–Trinajstić information content (AvgIpc) is 2.42. The van der Waals surface area contributed by atoms with Gasteiger partial charge in [-0.25, -0.2) is 0 Å². The molecule has 1 aromatic heterocycles. The monoisotopic (exact) mass is 323 g/mol. The second-order valence-corrected chi connectivity index (χ2v) is 6.53. The van der Waals surface area contributed by atoms with Crippen LogP contribution < -0.4 is 0 Å². The van der Waals surface area contributed by atoms with Gasteiger partial charge in [-0.15, -0.1) is 0 Å². The quantitative estimate of drug-likeness (QED) is 0.794. The Hall–Kier alpha value is -0.700. The number of carbonyl (C=O) groups is 1. The number of carbonyl (C=O) groups excluding carboxylic acids is 1. The molecule has 0 atom stereocenters. The van der Waals surface area contributed by atoms with Gasteiger partial charge in [0.15, 0.2) is 0 Å². The van der Waals surface area contributed by atoms with Crippen molar-refractivity contribution >= 4 is 21.7 Å². The van der Waals surface area contributed by atoms with Crippen LogP contribution in [0.2, 0.25) is 0 Å². The van der Waals surface area contributed by atoms with Gasteiger partial charge in [0, 0.05) is 28.7 Å².